The van der Waals surface area contributed by atoms with Gasteiger partial charge in [0.2, 0.25) is 5.91 Å². The van der Waals surface area contributed by atoms with Gasteiger partial charge in [0.25, 0.3) is 0 Å². The van der Waals surface area contributed by atoms with Crippen molar-refractivity contribution in [1.29, 1.82) is 0 Å². The average Bonchev–Trinajstić information content (AvgIpc) is 2.88. The number of thioether (sulfide) groups is 1. The van der Waals surface area contributed by atoms with E-state index in [1.807, 2.05) is 66.7 Å². The highest BCUT2D eigenvalue weighted by molar-refractivity contribution is 8.00. The number of hydrogen-bond donors (Lipinski definition) is 4. The van der Waals surface area contributed by atoms with Crippen LogP contribution in [-0.2, 0) is 20.8 Å². The first-order chi connectivity index (χ1) is 18.1. The molecule has 2 unspecified atom stereocenters. The average molecular weight is 544 g/mol. The molecule has 0 aliphatic heterocycles. The number of benzene rings is 2. The molecule has 38 heavy (non-hydrogen) atoms. The highest BCUT2D eigenvalue weighted by Crippen LogP contribution is 2.29. The van der Waals surface area contributed by atoms with Gasteiger partial charge in [0, 0.05) is 23.8 Å². The van der Waals surface area contributed by atoms with E-state index in [2.05, 4.69) is 5.32 Å². The van der Waals surface area contributed by atoms with Crippen LogP contribution in [0.5, 0.6) is 5.75 Å². The van der Waals surface area contributed by atoms with Gasteiger partial charge in [0.1, 0.15) is 12.3 Å². The molecule has 0 radical (unpaired) electrons. The summed E-state index contributed by atoms with van der Waals surface area (Å²) in [6, 6.07) is 17.5. The predicted octanol–water partition coefficient (Wildman–Crippen LogP) is 4.27. The topological polar surface area (TPSA) is 133 Å². The van der Waals surface area contributed by atoms with Crippen LogP contribution in [0, 0.1) is 5.41 Å². The second-order valence-electron chi connectivity index (χ2n) is 9.56. The van der Waals surface area contributed by atoms with Crippen LogP contribution in [0.3, 0.4) is 0 Å². The molecular formula is C29H37NO7S. The zero-order valence-electron chi connectivity index (χ0n) is 21.8. The maximum Gasteiger partial charge on any atom is 0.322 e. The van der Waals surface area contributed by atoms with Crippen LogP contribution in [0.4, 0.5) is 0 Å². The molecule has 1 amide bonds. The molecule has 8 nitrogen and oxygen atoms in total. The van der Waals surface area contributed by atoms with Crippen molar-refractivity contribution < 1.29 is 34.4 Å². The third-order valence-corrected chi connectivity index (χ3v) is 7.57. The molecule has 0 bridgehead atoms. The maximum absolute atomic E-state index is 12.5. The fraction of sp³-hybridized carbons (Fsp3) is 0.414. The van der Waals surface area contributed by atoms with Gasteiger partial charge < -0.3 is 25.4 Å². The number of nitrogens with one attached hydrogen (secondary N) is 1. The Kier molecular flexibility index (Phi) is 12.9. The fourth-order valence-electron chi connectivity index (χ4n) is 3.61. The number of hydrogen-bond acceptors (Lipinski definition) is 6. The summed E-state index contributed by atoms with van der Waals surface area (Å²) in [5.74, 6) is -1.30. The minimum atomic E-state index is -1.12. The number of para-hydroxylation sites is 1. The summed E-state index contributed by atoms with van der Waals surface area (Å²) in [5.41, 5.74) is 1.18. The van der Waals surface area contributed by atoms with Crippen LogP contribution in [0.15, 0.2) is 60.7 Å². The number of rotatable bonds is 17. The van der Waals surface area contributed by atoms with Crippen molar-refractivity contribution in [3.63, 3.8) is 0 Å². The van der Waals surface area contributed by atoms with E-state index in [4.69, 9.17) is 14.9 Å². The highest BCUT2D eigenvalue weighted by atomic mass is 32.2. The predicted molar refractivity (Wildman–Crippen MR) is 149 cm³/mol. The molecule has 0 aliphatic rings. The lowest BCUT2D eigenvalue weighted by Gasteiger charge is -2.27. The van der Waals surface area contributed by atoms with Crippen LogP contribution in [0.2, 0.25) is 0 Å². The Morgan fingerprint density at radius 1 is 1.03 bits per heavy atom. The molecule has 0 spiro atoms. The zero-order chi connectivity index (χ0) is 28.0. The van der Waals surface area contributed by atoms with E-state index in [1.165, 1.54) is 11.8 Å². The molecule has 2 rings (SSSR count). The normalized spacial score (nSPS) is 13.1. The molecule has 2 atom stereocenters. The first-order valence-electron chi connectivity index (χ1n) is 12.5. The van der Waals surface area contributed by atoms with Crippen molar-refractivity contribution in [2.75, 3.05) is 18.9 Å². The van der Waals surface area contributed by atoms with E-state index in [1.54, 1.807) is 13.8 Å². The molecule has 0 heterocycles. The summed E-state index contributed by atoms with van der Waals surface area (Å²) in [7, 11) is 0. The van der Waals surface area contributed by atoms with Crippen molar-refractivity contribution in [3.05, 3.63) is 71.8 Å². The third kappa shape index (κ3) is 11.4. The lowest BCUT2D eigenvalue weighted by molar-refractivity contribution is -0.139. The molecule has 0 aliphatic carbocycles. The molecule has 0 fully saturated rings. The van der Waals surface area contributed by atoms with Crippen molar-refractivity contribution in [1.82, 2.24) is 5.32 Å². The monoisotopic (exact) mass is 543 g/mol. The second-order valence-corrected chi connectivity index (χ2v) is 10.7. The number of carboxylic acid groups (broad SMARTS) is 2. The highest BCUT2D eigenvalue weighted by Gasteiger charge is 2.30. The molecule has 206 valence electrons. The Balaban J connectivity index is 2.10. The largest absolute Gasteiger partial charge is 0.493 e. The van der Waals surface area contributed by atoms with E-state index in [0.29, 0.717) is 31.6 Å². The van der Waals surface area contributed by atoms with Crippen LogP contribution >= 0.6 is 11.8 Å². The molecule has 0 saturated carbocycles. The Labute approximate surface area is 228 Å². The smallest absolute Gasteiger partial charge is 0.322 e. The third-order valence-electron chi connectivity index (χ3n) is 5.83. The van der Waals surface area contributed by atoms with Gasteiger partial charge >= 0.3 is 11.9 Å². The molecule has 4 N–H and O–H groups in total. The Morgan fingerprint density at radius 3 is 2.39 bits per heavy atom. The van der Waals surface area contributed by atoms with Crippen LogP contribution in [0.1, 0.15) is 44.2 Å². The van der Waals surface area contributed by atoms with Crippen molar-refractivity contribution in [3.8, 4) is 5.75 Å². The molecule has 9 heteroatoms. The number of aliphatic hydroxyl groups excluding tert-OH is 1. The number of aliphatic carboxylic acids is 2. The van der Waals surface area contributed by atoms with Crippen LogP contribution in [0.25, 0.3) is 6.08 Å². The van der Waals surface area contributed by atoms with Gasteiger partial charge in [-0.15, -0.1) is 0 Å². The number of carboxylic acids is 2. The number of aliphatic hydroxyl groups is 1. The van der Waals surface area contributed by atoms with Crippen LogP contribution < -0.4 is 10.1 Å². The Bertz CT molecular complexity index is 1070. The summed E-state index contributed by atoms with van der Waals surface area (Å²) in [6.45, 7) is 3.48. The summed E-state index contributed by atoms with van der Waals surface area (Å²) in [6.07, 6.45) is 4.29. The lowest BCUT2D eigenvalue weighted by Crippen LogP contribution is -2.41. The van der Waals surface area contributed by atoms with Gasteiger partial charge in [-0.2, -0.15) is 11.8 Å². The van der Waals surface area contributed by atoms with Gasteiger partial charge in [-0.25, -0.2) is 0 Å². The van der Waals surface area contributed by atoms with Crippen molar-refractivity contribution in [2.45, 2.75) is 50.9 Å². The van der Waals surface area contributed by atoms with E-state index < -0.39 is 35.3 Å². The van der Waals surface area contributed by atoms with Crippen molar-refractivity contribution in [2.24, 2.45) is 5.41 Å². The fourth-order valence-corrected chi connectivity index (χ4v) is 4.89. The van der Waals surface area contributed by atoms with E-state index in [0.717, 1.165) is 16.9 Å². The van der Waals surface area contributed by atoms with Crippen molar-refractivity contribution >= 4 is 35.7 Å². The molecule has 0 saturated heterocycles. The summed E-state index contributed by atoms with van der Waals surface area (Å²) in [5, 5.41) is 30.7. The molecule has 0 aromatic heterocycles. The number of ether oxygens (including phenoxy) is 1. The van der Waals surface area contributed by atoms with E-state index >= 15 is 0 Å². The second kappa shape index (κ2) is 15.8. The Morgan fingerprint density at radius 2 is 1.71 bits per heavy atom. The standard InChI is InChI=1S/C29H37NO7S/c1-29(2,28(36)30-19-27(34)35)20-38-25(24(31)13-8-14-26(32)33)16-15-21-9-6-7-10-22(21)17-18-37-23-11-4-3-5-12-23/h3-7,9-12,15-16,24-25,31H,8,13-14,17-20H2,1-2H3,(H,30,36)(H,32,33)(H,34,35)/b16-15-. The SMILES string of the molecule is CC(C)(CSC(/C=C\c1ccccc1CCOc1ccccc1)C(O)CCCC(=O)O)C(=O)NCC(=O)O. The lowest BCUT2D eigenvalue weighted by atomic mass is 9.95. The minimum Gasteiger partial charge on any atom is -0.493 e. The minimum absolute atomic E-state index is 0.0362. The molecule has 2 aromatic carbocycles. The zero-order valence-corrected chi connectivity index (χ0v) is 22.7. The number of carbonyl (C=O) groups excluding carboxylic acids is 1. The summed E-state index contributed by atoms with van der Waals surface area (Å²) >= 11 is 1.38. The number of amides is 1. The van der Waals surface area contributed by atoms with Gasteiger partial charge in [0.15, 0.2) is 0 Å². The van der Waals surface area contributed by atoms with Gasteiger partial charge in [-0.05, 0) is 36.1 Å². The van der Waals surface area contributed by atoms with Crippen LogP contribution in [-0.4, -0.2) is 63.4 Å². The first kappa shape index (κ1) is 30.9. The number of carbonyl (C=O) groups is 3. The first-order valence-corrected chi connectivity index (χ1v) is 13.6. The molecule has 2 aromatic rings. The molecular weight excluding hydrogens is 506 g/mol. The summed E-state index contributed by atoms with van der Waals surface area (Å²) in [4.78, 5) is 34.2. The van der Waals surface area contributed by atoms with Gasteiger partial charge in [-0.1, -0.05) is 68.5 Å². The Hall–Kier alpha value is -3.30. The van der Waals surface area contributed by atoms with Gasteiger partial charge in [0.05, 0.1) is 18.1 Å². The van der Waals surface area contributed by atoms with E-state index in [-0.39, 0.29) is 12.3 Å². The summed E-state index contributed by atoms with van der Waals surface area (Å²) < 4.78 is 5.83. The quantitative estimate of drug-likeness (QED) is 0.233. The van der Waals surface area contributed by atoms with E-state index in [9.17, 15) is 19.5 Å². The van der Waals surface area contributed by atoms with Gasteiger partial charge in [-0.3, -0.25) is 14.4 Å². The maximum atomic E-state index is 12.5.